The summed E-state index contributed by atoms with van der Waals surface area (Å²) < 4.78 is 1.60. The van der Waals surface area contributed by atoms with Gasteiger partial charge >= 0.3 is 112 Å². The van der Waals surface area contributed by atoms with Crippen LogP contribution in [0, 0.1) is 12.1 Å². The SMILES string of the molecule is CC(C)c1ccccc1-c1[c-]c2c(cc1C(C)(C)C)-c1cc(C(C)(C)C)c(-c3ccccc3C(C)C)cc1C2.[C-]1=CC=CC1.[Cl-].[Cl-].[Zr+2]=[C](Cc1ccccc1)Cc1ccccc1. The predicted octanol–water partition coefficient (Wildman–Crippen LogP) is 9.74. The molecule has 0 bridgehead atoms. The molecule has 6 aromatic carbocycles. The van der Waals surface area contributed by atoms with Gasteiger partial charge in [-0.15, -0.1) is 35.2 Å². The van der Waals surface area contributed by atoms with Crippen LogP contribution in [0.2, 0.25) is 0 Å². The summed E-state index contributed by atoms with van der Waals surface area (Å²) in [4.78, 5) is 0. The van der Waals surface area contributed by atoms with Crippen LogP contribution in [0.3, 0.4) is 0 Å². The van der Waals surface area contributed by atoms with Crippen molar-refractivity contribution in [3.8, 4) is 33.4 Å². The summed E-state index contributed by atoms with van der Waals surface area (Å²) in [7, 11) is 0. The standard InChI is InChI=1S/C39H45.C15H14.C5H5.2ClH.Zr/c1-24(2)28-15-11-13-17-30(28)34-20-26-19-27-21-35(31-18-14-12-16-29(31)25(3)4)37(39(8,9)10)23-33(27)32(26)22-36(34)38(5,6)7;1-3-8-14(9-4-1)12-7-13-15-10-5-2-6-11-15;1-2-4-5-3-1;;;/h11-18,20,22-25H,19H2,1-10H3;1-6,8-11H,12-13H2;1-3H,4H2;2*1H;/q-1;;-1;;;+2/p-2. The van der Waals surface area contributed by atoms with Crippen molar-refractivity contribution >= 4 is 3.21 Å². The summed E-state index contributed by atoms with van der Waals surface area (Å²) >= 11 is 1.55. The molecule has 8 rings (SSSR count). The fourth-order valence-electron chi connectivity index (χ4n) is 8.41. The Morgan fingerprint density at radius 3 is 1.52 bits per heavy atom. The Bertz CT molecular complexity index is 2280. The molecule has 0 atom stereocenters. The quantitative estimate of drug-likeness (QED) is 0.133. The first-order chi connectivity index (χ1) is 28.6. The van der Waals surface area contributed by atoms with Gasteiger partial charge in [0.25, 0.3) is 0 Å². The number of hydrogen-bond donors (Lipinski definition) is 0. The minimum absolute atomic E-state index is 0. The molecule has 320 valence electrons. The molecule has 0 nitrogen and oxygen atoms in total. The van der Waals surface area contributed by atoms with Crippen LogP contribution in [-0.4, -0.2) is 3.21 Å². The molecule has 62 heavy (non-hydrogen) atoms. The number of allylic oxidation sites excluding steroid dienone is 4. The third-order valence-corrected chi connectivity index (χ3v) is 12.4. The first-order valence-electron chi connectivity index (χ1n) is 21.9. The first-order valence-corrected chi connectivity index (χ1v) is 23.2. The Labute approximate surface area is 402 Å². The zero-order valence-corrected chi connectivity index (χ0v) is 42.6. The van der Waals surface area contributed by atoms with Gasteiger partial charge in [0.15, 0.2) is 0 Å². The normalized spacial score (nSPS) is 12.4. The third kappa shape index (κ3) is 12.9. The summed E-state index contributed by atoms with van der Waals surface area (Å²) in [6, 6.07) is 50.8. The summed E-state index contributed by atoms with van der Waals surface area (Å²) in [5, 5.41) is 0. The molecule has 0 aliphatic heterocycles. The van der Waals surface area contributed by atoms with Crippen molar-refractivity contribution in [2.45, 2.75) is 118 Å². The Hall–Kier alpha value is -3.87. The van der Waals surface area contributed by atoms with E-state index in [0.717, 1.165) is 25.7 Å². The van der Waals surface area contributed by atoms with Crippen LogP contribution in [0.15, 0.2) is 146 Å². The maximum atomic E-state index is 4.01. The molecule has 0 heterocycles. The topological polar surface area (TPSA) is 0 Å². The number of fused-ring (bicyclic) bond motifs is 3. The van der Waals surface area contributed by atoms with Crippen LogP contribution in [0.5, 0.6) is 0 Å². The van der Waals surface area contributed by atoms with Crippen molar-refractivity contribution in [2.24, 2.45) is 0 Å². The van der Waals surface area contributed by atoms with Crippen LogP contribution < -0.4 is 24.8 Å². The van der Waals surface area contributed by atoms with Gasteiger partial charge in [-0.25, -0.2) is 12.2 Å². The third-order valence-electron chi connectivity index (χ3n) is 11.5. The van der Waals surface area contributed by atoms with Gasteiger partial charge in [-0.2, -0.15) is 6.08 Å². The Morgan fingerprint density at radius 2 is 1.05 bits per heavy atom. The molecule has 0 unspecified atom stereocenters. The molecule has 0 saturated carbocycles. The van der Waals surface area contributed by atoms with E-state index >= 15 is 0 Å². The summed E-state index contributed by atoms with van der Waals surface area (Å²) in [6.07, 6.45) is 13.2. The van der Waals surface area contributed by atoms with E-state index in [2.05, 4.69) is 215 Å². The monoisotopic (exact) mass is 932 g/mol. The van der Waals surface area contributed by atoms with E-state index in [-0.39, 0.29) is 35.6 Å². The molecular weight excluding hydrogens is 871 g/mol. The Balaban J connectivity index is 0.000000302. The summed E-state index contributed by atoms with van der Waals surface area (Å²) in [5.74, 6) is 0.941. The minimum atomic E-state index is 0. The van der Waals surface area contributed by atoms with Gasteiger partial charge in [-0.1, -0.05) is 152 Å². The Morgan fingerprint density at radius 1 is 0.565 bits per heavy atom. The van der Waals surface area contributed by atoms with Gasteiger partial charge in [0.1, 0.15) is 0 Å². The zero-order valence-electron chi connectivity index (χ0n) is 38.6. The van der Waals surface area contributed by atoms with Gasteiger partial charge in [-0.05, 0) is 56.9 Å². The maximum absolute atomic E-state index is 4.01. The van der Waals surface area contributed by atoms with E-state index in [1.165, 1.54) is 77.9 Å². The van der Waals surface area contributed by atoms with Crippen molar-refractivity contribution in [1.82, 2.24) is 0 Å². The summed E-state index contributed by atoms with van der Waals surface area (Å²) in [6.45, 7) is 23.3. The van der Waals surface area contributed by atoms with Gasteiger partial charge in [0.05, 0.1) is 0 Å². The molecule has 3 heteroatoms. The fraction of sp³-hybridized carbons (Fsp3) is 0.305. The molecular formula is C59H64Cl2Zr-2. The van der Waals surface area contributed by atoms with Crippen molar-refractivity contribution < 1.29 is 49.0 Å². The molecule has 0 amide bonds. The zero-order chi connectivity index (χ0) is 43.0. The second kappa shape index (κ2) is 22.7. The van der Waals surface area contributed by atoms with Gasteiger partial charge in [0, 0.05) is 0 Å². The van der Waals surface area contributed by atoms with Crippen LogP contribution in [0.4, 0.5) is 0 Å². The predicted molar refractivity (Wildman–Crippen MR) is 257 cm³/mol. The molecule has 0 fully saturated rings. The molecule has 2 aliphatic rings. The molecule has 0 N–H and O–H groups in total. The average Bonchev–Trinajstić information content (AvgIpc) is 3.92. The van der Waals surface area contributed by atoms with Gasteiger partial charge < -0.3 is 24.8 Å². The van der Waals surface area contributed by atoms with E-state index < -0.39 is 0 Å². The van der Waals surface area contributed by atoms with Gasteiger partial charge in [0.2, 0.25) is 0 Å². The molecule has 0 spiro atoms. The molecule has 0 radical (unpaired) electrons. The second-order valence-corrected chi connectivity index (χ2v) is 20.8. The van der Waals surface area contributed by atoms with Crippen molar-refractivity contribution in [1.29, 1.82) is 0 Å². The van der Waals surface area contributed by atoms with Crippen molar-refractivity contribution in [3.63, 3.8) is 0 Å². The van der Waals surface area contributed by atoms with Crippen LogP contribution in [0.1, 0.15) is 132 Å². The second-order valence-electron chi connectivity index (χ2n) is 19.1. The van der Waals surface area contributed by atoms with Gasteiger partial charge in [-0.3, -0.25) is 6.08 Å². The van der Waals surface area contributed by atoms with E-state index in [0.29, 0.717) is 11.8 Å². The van der Waals surface area contributed by atoms with E-state index in [4.69, 9.17) is 0 Å². The first kappa shape index (κ1) is 50.8. The molecule has 0 saturated heterocycles. The molecule has 2 aliphatic carbocycles. The summed E-state index contributed by atoms with van der Waals surface area (Å²) in [5.41, 5.74) is 19.4. The Kier molecular flexibility index (Phi) is 18.6. The van der Waals surface area contributed by atoms with E-state index in [1.807, 2.05) is 12.2 Å². The van der Waals surface area contributed by atoms with Crippen molar-refractivity contribution in [2.75, 3.05) is 0 Å². The van der Waals surface area contributed by atoms with E-state index in [9.17, 15) is 0 Å². The average molecular weight is 935 g/mol. The van der Waals surface area contributed by atoms with Crippen LogP contribution in [-0.2, 0) is 54.3 Å². The van der Waals surface area contributed by atoms with Crippen molar-refractivity contribution in [3.05, 3.63) is 202 Å². The van der Waals surface area contributed by atoms with Crippen LogP contribution in [0.25, 0.3) is 33.4 Å². The molecule has 0 aromatic heterocycles. The number of benzene rings is 6. The number of halogens is 2. The number of rotatable bonds is 8. The van der Waals surface area contributed by atoms with E-state index in [1.54, 1.807) is 27.4 Å². The van der Waals surface area contributed by atoms with Crippen LogP contribution >= 0.6 is 0 Å². The fourth-order valence-corrected chi connectivity index (χ4v) is 9.41. The number of hydrogen-bond acceptors (Lipinski definition) is 0. The molecule has 6 aromatic rings.